The largest absolute Gasteiger partial charge is 0.459 e. The quantitative estimate of drug-likeness (QED) is 0.451. The van der Waals surface area contributed by atoms with E-state index in [1.54, 1.807) is 0 Å². The maximum Gasteiger partial charge on any atom is 0.325 e. The number of carbonyl (C=O) groups excluding carboxylic acids is 2. The molecule has 35 heavy (non-hydrogen) atoms. The molecule has 1 aliphatic rings. The highest BCUT2D eigenvalue weighted by atomic mass is 28.4. The summed E-state index contributed by atoms with van der Waals surface area (Å²) in [5.41, 5.74) is -0.568. The van der Waals surface area contributed by atoms with E-state index >= 15 is 0 Å². The molecule has 0 saturated heterocycles. The van der Waals surface area contributed by atoms with Crippen LogP contribution in [0.15, 0.2) is 60.7 Å². The molecule has 1 amide bonds. The highest BCUT2D eigenvalue weighted by Crippen LogP contribution is 2.40. The molecule has 0 aromatic heterocycles. The van der Waals surface area contributed by atoms with Crippen molar-refractivity contribution < 1.29 is 18.8 Å². The zero-order chi connectivity index (χ0) is 25.7. The lowest BCUT2D eigenvalue weighted by atomic mass is 9.87. The van der Waals surface area contributed by atoms with E-state index in [0.29, 0.717) is 6.42 Å². The minimum Gasteiger partial charge on any atom is -0.459 e. The number of nitrogens with one attached hydrogen (secondary N) is 1. The Morgan fingerprint density at radius 1 is 0.886 bits per heavy atom. The number of ether oxygens (including phenoxy) is 1. The monoisotopic (exact) mass is 495 g/mol. The van der Waals surface area contributed by atoms with Crippen LogP contribution in [0.4, 0.5) is 0 Å². The average Bonchev–Trinajstić information content (AvgIpc) is 2.80. The van der Waals surface area contributed by atoms with E-state index < -0.39 is 19.9 Å². The minimum absolute atomic E-state index is 0.0210. The number of hydrogen-bond acceptors (Lipinski definition) is 4. The van der Waals surface area contributed by atoms with Crippen molar-refractivity contribution in [2.24, 2.45) is 5.92 Å². The van der Waals surface area contributed by atoms with E-state index in [2.05, 4.69) is 74.6 Å². The van der Waals surface area contributed by atoms with E-state index in [1.807, 2.05) is 32.9 Å². The molecule has 0 radical (unpaired) electrons. The van der Waals surface area contributed by atoms with Crippen LogP contribution in [-0.4, -0.2) is 38.4 Å². The molecule has 2 aromatic carbocycles. The third-order valence-electron chi connectivity index (χ3n) is 6.58. The molecule has 1 N–H and O–H groups in total. The third kappa shape index (κ3) is 6.82. The van der Waals surface area contributed by atoms with Gasteiger partial charge in [-0.2, -0.15) is 0 Å². The lowest BCUT2D eigenvalue weighted by Gasteiger charge is -2.46. The molecule has 5 nitrogen and oxygen atoms in total. The fourth-order valence-corrected chi connectivity index (χ4v) is 9.84. The number of benzene rings is 2. The molecular weight excluding hydrogens is 454 g/mol. The Balaban J connectivity index is 1.81. The smallest absolute Gasteiger partial charge is 0.325 e. The normalized spacial score (nSPS) is 19.1. The Morgan fingerprint density at radius 2 is 1.43 bits per heavy atom. The molecule has 0 spiro atoms. The average molecular weight is 496 g/mol. The summed E-state index contributed by atoms with van der Waals surface area (Å²) in [5, 5.41) is 5.18. The topological polar surface area (TPSA) is 64.6 Å². The molecule has 0 aliphatic heterocycles. The molecule has 3 rings (SSSR count). The van der Waals surface area contributed by atoms with Gasteiger partial charge in [-0.25, -0.2) is 0 Å². The molecule has 2 aromatic rings. The Morgan fingerprint density at radius 3 is 1.91 bits per heavy atom. The fourth-order valence-electron chi connectivity index (χ4n) is 5.11. The van der Waals surface area contributed by atoms with Crippen molar-refractivity contribution in [2.75, 3.05) is 6.54 Å². The van der Waals surface area contributed by atoms with Gasteiger partial charge in [-0.3, -0.25) is 9.59 Å². The Hall–Kier alpha value is -2.44. The van der Waals surface area contributed by atoms with Crippen molar-refractivity contribution in [3.05, 3.63) is 60.7 Å². The summed E-state index contributed by atoms with van der Waals surface area (Å²) in [6.45, 7) is 12.2. The maximum absolute atomic E-state index is 13.0. The summed E-state index contributed by atoms with van der Waals surface area (Å²) in [5.74, 6) is -0.678. The number of rotatable bonds is 7. The molecule has 1 fully saturated rings. The van der Waals surface area contributed by atoms with E-state index in [0.717, 1.165) is 19.3 Å². The molecule has 0 heterocycles. The van der Waals surface area contributed by atoms with Gasteiger partial charge < -0.3 is 14.5 Å². The Kier molecular flexibility index (Phi) is 8.60. The van der Waals surface area contributed by atoms with Crippen LogP contribution in [0.25, 0.3) is 0 Å². The van der Waals surface area contributed by atoms with E-state index in [4.69, 9.17) is 9.16 Å². The van der Waals surface area contributed by atoms with E-state index in [9.17, 15) is 9.59 Å². The number of esters is 1. The minimum atomic E-state index is -2.67. The molecule has 190 valence electrons. The highest BCUT2D eigenvalue weighted by molar-refractivity contribution is 6.99. The van der Waals surface area contributed by atoms with Gasteiger partial charge in [0.2, 0.25) is 5.91 Å². The van der Waals surface area contributed by atoms with Crippen LogP contribution in [0, 0.1) is 5.92 Å². The summed E-state index contributed by atoms with van der Waals surface area (Å²) in [6.07, 6.45) is 3.30. The molecule has 6 heteroatoms. The second-order valence-electron chi connectivity index (χ2n) is 11.6. The molecule has 1 aliphatic carbocycles. The van der Waals surface area contributed by atoms with Crippen LogP contribution in [0.2, 0.25) is 5.04 Å². The van der Waals surface area contributed by atoms with Gasteiger partial charge in [0.05, 0.1) is 0 Å². The predicted octanol–water partition coefficient (Wildman–Crippen LogP) is 4.58. The third-order valence-corrected chi connectivity index (χ3v) is 11.7. The first-order chi connectivity index (χ1) is 16.4. The second kappa shape index (κ2) is 11.1. The van der Waals surface area contributed by atoms with Crippen LogP contribution < -0.4 is 15.7 Å². The molecular formula is C29H41NO4Si. The molecule has 2 atom stereocenters. The zero-order valence-electron chi connectivity index (χ0n) is 22.1. The number of hydrogen-bond donors (Lipinski definition) is 1. The van der Waals surface area contributed by atoms with Crippen molar-refractivity contribution in [3.63, 3.8) is 0 Å². The Labute approximate surface area is 211 Å². The highest BCUT2D eigenvalue weighted by Gasteiger charge is 2.51. The second-order valence-corrected chi connectivity index (χ2v) is 15.8. The van der Waals surface area contributed by atoms with Crippen LogP contribution >= 0.6 is 0 Å². The van der Waals surface area contributed by atoms with Gasteiger partial charge in [0.1, 0.15) is 12.1 Å². The maximum atomic E-state index is 13.0. The summed E-state index contributed by atoms with van der Waals surface area (Å²) in [4.78, 5) is 25.0. The van der Waals surface area contributed by atoms with Crippen molar-refractivity contribution in [1.82, 2.24) is 5.32 Å². The van der Waals surface area contributed by atoms with Gasteiger partial charge in [0.25, 0.3) is 8.32 Å². The van der Waals surface area contributed by atoms with Crippen molar-refractivity contribution in [3.8, 4) is 0 Å². The predicted molar refractivity (Wildman–Crippen MR) is 143 cm³/mol. The van der Waals surface area contributed by atoms with Gasteiger partial charge in [-0.05, 0) is 55.4 Å². The molecule has 2 unspecified atom stereocenters. The van der Waals surface area contributed by atoms with Gasteiger partial charge in [0, 0.05) is 12.0 Å². The summed E-state index contributed by atoms with van der Waals surface area (Å²) in [6, 6.07) is 21.2. The van der Waals surface area contributed by atoms with Gasteiger partial charge in [-0.1, -0.05) is 87.9 Å². The van der Waals surface area contributed by atoms with Gasteiger partial charge >= 0.3 is 5.97 Å². The standard InChI is InChI=1S/C29H41NO4Si/c1-28(2,3)33-26(31)21-30-27(32)22-14-13-15-23(20-22)34-35(29(4,5)6,24-16-9-7-10-17-24)25-18-11-8-12-19-25/h7-12,16-19,22-23H,13-15,20-21H2,1-6H3,(H,30,32). The number of amides is 1. The Bertz CT molecular complexity index is 940. The van der Waals surface area contributed by atoms with Crippen molar-refractivity contribution >= 4 is 30.6 Å². The van der Waals surface area contributed by atoms with Crippen molar-refractivity contribution in [2.45, 2.75) is 84.0 Å². The van der Waals surface area contributed by atoms with E-state index in [1.165, 1.54) is 10.4 Å². The fraction of sp³-hybridized carbons (Fsp3) is 0.517. The lowest BCUT2D eigenvalue weighted by molar-refractivity contribution is -0.154. The molecule has 1 saturated carbocycles. The number of carbonyl (C=O) groups is 2. The van der Waals surface area contributed by atoms with Gasteiger partial charge in [-0.15, -0.1) is 0 Å². The summed E-state index contributed by atoms with van der Waals surface area (Å²) in [7, 11) is -2.67. The molecule has 0 bridgehead atoms. The first-order valence-electron chi connectivity index (χ1n) is 12.7. The summed E-state index contributed by atoms with van der Waals surface area (Å²) >= 11 is 0. The zero-order valence-corrected chi connectivity index (χ0v) is 23.1. The summed E-state index contributed by atoms with van der Waals surface area (Å²) < 4.78 is 12.6. The first kappa shape index (κ1) is 27.1. The first-order valence-corrected chi connectivity index (χ1v) is 14.6. The van der Waals surface area contributed by atoms with Crippen LogP contribution in [0.5, 0.6) is 0 Å². The van der Waals surface area contributed by atoms with Crippen molar-refractivity contribution in [1.29, 1.82) is 0 Å². The van der Waals surface area contributed by atoms with Crippen LogP contribution in [-0.2, 0) is 18.8 Å². The van der Waals surface area contributed by atoms with Gasteiger partial charge in [0.15, 0.2) is 0 Å². The SMILES string of the molecule is CC(C)(C)OC(=O)CNC(=O)C1CCCC(O[Si](c2ccccc2)(c2ccccc2)C(C)(C)C)C1. The van der Waals surface area contributed by atoms with Crippen LogP contribution in [0.1, 0.15) is 67.2 Å². The van der Waals surface area contributed by atoms with E-state index in [-0.39, 0.29) is 29.5 Å². The lowest BCUT2D eigenvalue weighted by Crippen LogP contribution is -2.68. The van der Waals surface area contributed by atoms with Crippen LogP contribution in [0.3, 0.4) is 0 Å².